The van der Waals surface area contributed by atoms with Crippen molar-refractivity contribution < 1.29 is 14.6 Å². The molecule has 0 unspecified atom stereocenters. The van der Waals surface area contributed by atoms with Gasteiger partial charge in [-0.05, 0) is 11.4 Å². The van der Waals surface area contributed by atoms with Gasteiger partial charge in [-0.3, -0.25) is 4.79 Å². The molecule has 0 amide bonds. The second-order valence-corrected chi connectivity index (χ2v) is 4.57. The van der Waals surface area contributed by atoms with Crippen LogP contribution in [0.3, 0.4) is 0 Å². The minimum Gasteiger partial charge on any atom is -0.459 e. The molecule has 0 saturated carbocycles. The third kappa shape index (κ3) is 2.77. The molecule has 0 aromatic carbocycles. The molecule has 4 nitrogen and oxygen atoms in total. The molecule has 1 aromatic heterocycles. The fraction of sp³-hybridized carbons (Fsp3) is 0.500. The van der Waals surface area contributed by atoms with E-state index in [1.807, 2.05) is 17.5 Å². The summed E-state index contributed by atoms with van der Waals surface area (Å²) in [6, 6.07) is 3.50. The first kappa shape index (κ1) is 10.6. The topological polar surface area (TPSA) is 58.6 Å². The summed E-state index contributed by atoms with van der Waals surface area (Å²) in [5, 5.41) is 14.1. The Labute approximate surface area is 91.9 Å². The van der Waals surface area contributed by atoms with E-state index in [2.05, 4.69) is 5.32 Å². The third-order valence-electron chi connectivity index (χ3n) is 2.33. The quantitative estimate of drug-likeness (QED) is 0.739. The number of nitrogens with one attached hydrogen (secondary N) is 1. The van der Waals surface area contributed by atoms with Gasteiger partial charge < -0.3 is 15.2 Å². The van der Waals surface area contributed by atoms with Crippen molar-refractivity contribution in [1.82, 2.24) is 5.32 Å². The molecule has 5 heteroatoms. The van der Waals surface area contributed by atoms with Crippen molar-refractivity contribution in [2.75, 3.05) is 6.54 Å². The molecule has 2 atom stereocenters. The number of thiophene rings is 1. The monoisotopic (exact) mass is 227 g/mol. The molecule has 1 aromatic rings. The van der Waals surface area contributed by atoms with Gasteiger partial charge in [-0.1, -0.05) is 6.07 Å². The highest BCUT2D eigenvalue weighted by Crippen LogP contribution is 2.12. The normalized spacial score (nSPS) is 25.4. The summed E-state index contributed by atoms with van der Waals surface area (Å²) in [6.45, 7) is 0.795. The number of hydrogen-bond donors (Lipinski definition) is 2. The molecule has 1 fully saturated rings. The van der Waals surface area contributed by atoms with Crippen LogP contribution >= 0.6 is 11.3 Å². The fourth-order valence-corrected chi connectivity index (χ4v) is 2.15. The smallest absolute Gasteiger partial charge is 0.323 e. The Bertz CT molecular complexity index is 325. The third-order valence-corrected chi connectivity index (χ3v) is 3.18. The molecule has 2 heterocycles. The molecule has 1 saturated heterocycles. The molecule has 0 bridgehead atoms. The van der Waals surface area contributed by atoms with Crippen LogP contribution in [0.1, 0.15) is 11.3 Å². The summed E-state index contributed by atoms with van der Waals surface area (Å²) in [6.07, 6.45) is 0.0211. The molecular weight excluding hydrogens is 214 g/mol. The van der Waals surface area contributed by atoms with Crippen molar-refractivity contribution in [2.45, 2.75) is 25.2 Å². The highest BCUT2D eigenvalue weighted by molar-refractivity contribution is 7.09. The lowest BCUT2D eigenvalue weighted by molar-refractivity contribution is -0.147. The van der Waals surface area contributed by atoms with Crippen LogP contribution in [0.4, 0.5) is 0 Å². The van der Waals surface area contributed by atoms with Gasteiger partial charge in [0.15, 0.2) is 0 Å². The summed E-state index contributed by atoms with van der Waals surface area (Å²) in [7, 11) is 0. The maximum absolute atomic E-state index is 11.5. The number of ether oxygens (including phenoxy) is 1. The van der Waals surface area contributed by atoms with Crippen molar-refractivity contribution in [2.24, 2.45) is 0 Å². The van der Waals surface area contributed by atoms with E-state index in [0.29, 0.717) is 19.6 Å². The second kappa shape index (κ2) is 4.74. The molecule has 0 spiro atoms. The minimum atomic E-state index is -0.427. The average molecular weight is 227 g/mol. The van der Waals surface area contributed by atoms with Crippen molar-refractivity contribution in [3.8, 4) is 0 Å². The van der Waals surface area contributed by atoms with E-state index in [9.17, 15) is 9.90 Å². The zero-order valence-corrected chi connectivity index (χ0v) is 9.00. The number of carbonyl (C=O) groups is 1. The van der Waals surface area contributed by atoms with Gasteiger partial charge >= 0.3 is 5.97 Å². The SMILES string of the molecule is O=C(OCc1cccs1)[C@H]1C[C@@H](O)CN1. The van der Waals surface area contributed by atoms with Crippen LogP contribution in [0.25, 0.3) is 0 Å². The Morgan fingerprint density at radius 1 is 1.73 bits per heavy atom. The summed E-state index contributed by atoms with van der Waals surface area (Å²) in [4.78, 5) is 12.5. The second-order valence-electron chi connectivity index (χ2n) is 3.54. The van der Waals surface area contributed by atoms with Gasteiger partial charge in [0.25, 0.3) is 0 Å². The zero-order chi connectivity index (χ0) is 10.7. The van der Waals surface area contributed by atoms with Crippen molar-refractivity contribution in [3.05, 3.63) is 22.4 Å². The number of aliphatic hydroxyl groups excluding tert-OH is 1. The summed E-state index contributed by atoms with van der Waals surface area (Å²) < 4.78 is 5.12. The van der Waals surface area contributed by atoms with Gasteiger partial charge in [-0.15, -0.1) is 11.3 Å². The molecule has 1 aliphatic rings. The van der Waals surface area contributed by atoms with Crippen LogP contribution in [0.5, 0.6) is 0 Å². The largest absolute Gasteiger partial charge is 0.459 e. The lowest BCUT2D eigenvalue weighted by Crippen LogP contribution is -2.32. The van der Waals surface area contributed by atoms with E-state index in [0.717, 1.165) is 4.88 Å². The number of esters is 1. The number of carbonyl (C=O) groups excluding carboxylic acids is 1. The number of aliphatic hydroxyl groups is 1. The first-order valence-electron chi connectivity index (χ1n) is 4.86. The minimum absolute atomic E-state index is 0.278. The van der Waals surface area contributed by atoms with Gasteiger partial charge in [0.1, 0.15) is 12.6 Å². The number of hydrogen-bond acceptors (Lipinski definition) is 5. The van der Waals surface area contributed by atoms with Crippen molar-refractivity contribution >= 4 is 17.3 Å². The fourth-order valence-electron chi connectivity index (χ4n) is 1.53. The molecule has 1 aliphatic heterocycles. The zero-order valence-electron chi connectivity index (χ0n) is 8.18. The molecule has 82 valence electrons. The van der Waals surface area contributed by atoms with Crippen LogP contribution in [-0.4, -0.2) is 29.8 Å². The van der Waals surface area contributed by atoms with Gasteiger partial charge in [-0.2, -0.15) is 0 Å². The van der Waals surface area contributed by atoms with E-state index in [-0.39, 0.29) is 12.0 Å². The van der Waals surface area contributed by atoms with Gasteiger partial charge in [-0.25, -0.2) is 0 Å². The van der Waals surface area contributed by atoms with E-state index < -0.39 is 6.10 Å². The van der Waals surface area contributed by atoms with E-state index >= 15 is 0 Å². The maximum Gasteiger partial charge on any atom is 0.323 e. The molecule has 0 radical (unpaired) electrons. The van der Waals surface area contributed by atoms with Gasteiger partial charge in [0.2, 0.25) is 0 Å². The van der Waals surface area contributed by atoms with Crippen molar-refractivity contribution in [1.29, 1.82) is 0 Å². The van der Waals surface area contributed by atoms with Crippen molar-refractivity contribution in [3.63, 3.8) is 0 Å². The van der Waals surface area contributed by atoms with Gasteiger partial charge in [0.05, 0.1) is 6.10 Å². The molecule has 2 N–H and O–H groups in total. The Morgan fingerprint density at radius 2 is 2.60 bits per heavy atom. The van der Waals surface area contributed by atoms with Crippen LogP contribution in [0.15, 0.2) is 17.5 Å². The van der Waals surface area contributed by atoms with E-state index in [4.69, 9.17) is 4.74 Å². The van der Waals surface area contributed by atoms with Crippen LogP contribution in [0, 0.1) is 0 Å². The molecular formula is C10H13NO3S. The molecule has 15 heavy (non-hydrogen) atoms. The summed E-state index contributed by atoms with van der Waals surface area (Å²) in [5.74, 6) is -0.278. The molecule has 0 aliphatic carbocycles. The Morgan fingerprint density at radius 3 is 3.20 bits per heavy atom. The first-order valence-corrected chi connectivity index (χ1v) is 5.74. The standard InChI is InChI=1S/C10H13NO3S/c12-7-4-9(11-5-7)10(13)14-6-8-2-1-3-15-8/h1-3,7,9,11-12H,4-6H2/t7-,9-/m1/s1. The number of β-amino-alcohol motifs (C(OH)–C–C–N with tert-alkyl or cyclic N) is 1. The van der Waals surface area contributed by atoms with Crippen LogP contribution in [-0.2, 0) is 16.1 Å². The average Bonchev–Trinajstić information content (AvgIpc) is 2.84. The summed E-state index contributed by atoms with van der Waals surface area (Å²) >= 11 is 1.56. The number of rotatable bonds is 3. The van der Waals surface area contributed by atoms with Gasteiger partial charge in [0, 0.05) is 17.8 Å². The highest BCUT2D eigenvalue weighted by atomic mass is 32.1. The Hall–Kier alpha value is -0.910. The van der Waals surface area contributed by atoms with E-state index in [1.54, 1.807) is 11.3 Å². The maximum atomic E-state index is 11.5. The Kier molecular flexibility index (Phi) is 3.35. The highest BCUT2D eigenvalue weighted by Gasteiger charge is 2.29. The van der Waals surface area contributed by atoms with Crippen LogP contribution in [0.2, 0.25) is 0 Å². The van der Waals surface area contributed by atoms with Crippen LogP contribution < -0.4 is 5.32 Å². The first-order chi connectivity index (χ1) is 7.25. The predicted molar refractivity (Wildman–Crippen MR) is 56.5 cm³/mol. The Balaban J connectivity index is 1.78. The lowest BCUT2D eigenvalue weighted by Gasteiger charge is -2.08. The predicted octanol–water partition coefficient (Wildman–Crippen LogP) is 0.514. The molecule has 2 rings (SSSR count). The summed E-state index contributed by atoms with van der Waals surface area (Å²) in [5.41, 5.74) is 0. The lowest BCUT2D eigenvalue weighted by atomic mass is 10.2. The van der Waals surface area contributed by atoms with E-state index in [1.165, 1.54) is 0 Å².